The molecular weight excluding hydrogens is 200 g/mol. The molecule has 0 aliphatic heterocycles. The van der Waals surface area contributed by atoms with Gasteiger partial charge in [-0.3, -0.25) is 4.79 Å². The monoisotopic (exact) mass is 222 g/mol. The largest absolute Gasteiger partial charge is 0.481 e. The lowest BCUT2D eigenvalue weighted by Crippen LogP contribution is -2.36. The van der Waals surface area contributed by atoms with Crippen LogP contribution in [0.15, 0.2) is 23.3 Å². The molecule has 0 saturated heterocycles. The summed E-state index contributed by atoms with van der Waals surface area (Å²) < 4.78 is 0. The number of hydrogen-bond donors (Lipinski definition) is 1. The van der Waals surface area contributed by atoms with Crippen LogP contribution >= 0.6 is 0 Å². The molecule has 0 saturated carbocycles. The third kappa shape index (κ3) is 2.55. The van der Waals surface area contributed by atoms with E-state index in [-0.39, 0.29) is 17.3 Å². The van der Waals surface area contributed by atoms with Crippen LogP contribution in [-0.2, 0) is 4.79 Å². The average molecular weight is 222 g/mol. The molecular formula is C14H22O2. The van der Waals surface area contributed by atoms with Crippen LogP contribution in [0.5, 0.6) is 0 Å². The Bertz CT molecular complexity index is 344. The number of carbonyl (C=O) groups is 1. The molecule has 0 aromatic carbocycles. The molecule has 0 fully saturated rings. The van der Waals surface area contributed by atoms with E-state index in [1.807, 2.05) is 20.8 Å². The first kappa shape index (κ1) is 13.0. The molecule has 90 valence electrons. The Labute approximate surface area is 98.1 Å². The highest BCUT2D eigenvalue weighted by molar-refractivity contribution is 5.72. The van der Waals surface area contributed by atoms with Gasteiger partial charge in [-0.15, -0.1) is 0 Å². The van der Waals surface area contributed by atoms with E-state index in [4.69, 9.17) is 0 Å². The Hall–Kier alpha value is -1.05. The first-order valence-electron chi connectivity index (χ1n) is 5.82. The second kappa shape index (κ2) is 4.44. The summed E-state index contributed by atoms with van der Waals surface area (Å²) in [7, 11) is 0. The second-order valence-corrected chi connectivity index (χ2v) is 5.61. The lowest BCUT2D eigenvalue weighted by molar-refractivity contribution is -0.145. The highest BCUT2D eigenvalue weighted by Crippen LogP contribution is 2.43. The van der Waals surface area contributed by atoms with Gasteiger partial charge in [0, 0.05) is 0 Å². The van der Waals surface area contributed by atoms with Crippen LogP contribution in [0.25, 0.3) is 0 Å². The van der Waals surface area contributed by atoms with Crippen molar-refractivity contribution in [3.05, 3.63) is 23.3 Å². The number of carboxylic acids is 1. The van der Waals surface area contributed by atoms with Gasteiger partial charge in [0.1, 0.15) is 0 Å². The fourth-order valence-electron chi connectivity index (χ4n) is 2.40. The third-order valence-electron chi connectivity index (χ3n) is 3.70. The number of rotatable bonds is 2. The zero-order chi connectivity index (χ0) is 12.5. The van der Waals surface area contributed by atoms with Gasteiger partial charge in [0.05, 0.1) is 5.92 Å². The molecule has 0 amide bonds. The zero-order valence-corrected chi connectivity index (χ0v) is 10.9. The van der Waals surface area contributed by atoms with E-state index >= 15 is 0 Å². The van der Waals surface area contributed by atoms with E-state index < -0.39 is 5.97 Å². The van der Waals surface area contributed by atoms with Crippen molar-refractivity contribution in [2.24, 2.45) is 17.3 Å². The molecule has 1 aliphatic carbocycles. The van der Waals surface area contributed by atoms with Crippen molar-refractivity contribution in [2.75, 3.05) is 0 Å². The maximum absolute atomic E-state index is 11.3. The Balaban J connectivity index is 3.05. The minimum atomic E-state index is -0.676. The summed E-state index contributed by atoms with van der Waals surface area (Å²) in [5, 5.41) is 9.30. The Morgan fingerprint density at radius 2 is 2.06 bits per heavy atom. The van der Waals surface area contributed by atoms with E-state index in [1.54, 1.807) is 0 Å². The molecule has 0 aromatic rings. The first-order valence-corrected chi connectivity index (χ1v) is 5.82. The quantitative estimate of drug-likeness (QED) is 0.724. The molecule has 2 heteroatoms. The predicted molar refractivity (Wildman–Crippen MR) is 66.2 cm³/mol. The molecule has 1 aliphatic rings. The Morgan fingerprint density at radius 3 is 2.50 bits per heavy atom. The molecule has 0 heterocycles. The van der Waals surface area contributed by atoms with Crippen molar-refractivity contribution in [3.8, 4) is 0 Å². The van der Waals surface area contributed by atoms with Gasteiger partial charge in [-0.2, -0.15) is 0 Å². The summed E-state index contributed by atoms with van der Waals surface area (Å²) in [6.45, 7) is 10.2. The van der Waals surface area contributed by atoms with Crippen molar-refractivity contribution in [3.63, 3.8) is 0 Å². The Morgan fingerprint density at radius 1 is 1.50 bits per heavy atom. The SMILES string of the molecule is CC(C)=CC1C=C(C)C(C)(C)C(C(=O)O)C1. The summed E-state index contributed by atoms with van der Waals surface area (Å²) in [6, 6.07) is 0. The van der Waals surface area contributed by atoms with Gasteiger partial charge in [0.2, 0.25) is 0 Å². The lowest BCUT2D eigenvalue weighted by atomic mass is 9.65. The zero-order valence-electron chi connectivity index (χ0n) is 10.9. The maximum atomic E-state index is 11.3. The highest BCUT2D eigenvalue weighted by Gasteiger charge is 2.40. The van der Waals surface area contributed by atoms with Crippen LogP contribution < -0.4 is 0 Å². The minimum Gasteiger partial charge on any atom is -0.481 e. The van der Waals surface area contributed by atoms with Crippen LogP contribution in [-0.4, -0.2) is 11.1 Å². The van der Waals surface area contributed by atoms with Crippen molar-refractivity contribution in [1.82, 2.24) is 0 Å². The summed E-state index contributed by atoms with van der Waals surface area (Å²) in [6.07, 6.45) is 5.09. The summed E-state index contributed by atoms with van der Waals surface area (Å²) in [5.74, 6) is -0.679. The van der Waals surface area contributed by atoms with E-state index in [2.05, 4.69) is 26.0 Å². The third-order valence-corrected chi connectivity index (χ3v) is 3.70. The smallest absolute Gasteiger partial charge is 0.307 e. The molecule has 2 nitrogen and oxygen atoms in total. The number of hydrogen-bond acceptors (Lipinski definition) is 1. The molecule has 16 heavy (non-hydrogen) atoms. The summed E-state index contributed by atoms with van der Waals surface area (Å²) >= 11 is 0. The molecule has 1 rings (SSSR count). The molecule has 2 unspecified atom stereocenters. The molecule has 1 N–H and O–H groups in total. The highest BCUT2D eigenvalue weighted by atomic mass is 16.4. The van der Waals surface area contributed by atoms with Crippen molar-refractivity contribution in [1.29, 1.82) is 0 Å². The Kier molecular flexibility index (Phi) is 3.61. The van der Waals surface area contributed by atoms with E-state index in [0.29, 0.717) is 6.42 Å². The second-order valence-electron chi connectivity index (χ2n) is 5.61. The first-order chi connectivity index (χ1) is 7.25. The van der Waals surface area contributed by atoms with Gasteiger partial charge < -0.3 is 5.11 Å². The van der Waals surface area contributed by atoms with Crippen LogP contribution in [0.2, 0.25) is 0 Å². The van der Waals surface area contributed by atoms with E-state index in [1.165, 1.54) is 11.1 Å². The average Bonchev–Trinajstić information content (AvgIpc) is 2.09. The van der Waals surface area contributed by atoms with Crippen molar-refractivity contribution < 1.29 is 9.90 Å². The standard InChI is InChI=1S/C14H22O2/c1-9(2)6-11-7-10(3)14(4,5)12(8-11)13(15)16/h6-7,11-12H,8H2,1-5H3,(H,15,16). The topological polar surface area (TPSA) is 37.3 Å². The predicted octanol–water partition coefficient (Wildman–Crippen LogP) is 3.65. The van der Waals surface area contributed by atoms with Gasteiger partial charge in [-0.05, 0) is 38.5 Å². The van der Waals surface area contributed by atoms with Gasteiger partial charge in [-0.1, -0.05) is 37.1 Å². The van der Waals surface area contributed by atoms with Crippen LogP contribution in [0, 0.1) is 17.3 Å². The minimum absolute atomic E-state index is 0.224. The molecule has 0 spiro atoms. The number of aliphatic carboxylic acids is 1. The number of carboxylic acid groups (broad SMARTS) is 1. The van der Waals surface area contributed by atoms with Gasteiger partial charge in [0.15, 0.2) is 0 Å². The molecule has 2 atom stereocenters. The molecule has 0 bridgehead atoms. The van der Waals surface area contributed by atoms with Crippen LogP contribution in [0.1, 0.15) is 41.0 Å². The summed E-state index contributed by atoms with van der Waals surface area (Å²) in [4.78, 5) is 11.3. The van der Waals surface area contributed by atoms with Gasteiger partial charge in [-0.25, -0.2) is 0 Å². The van der Waals surface area contributed by atoms with Crippen LogP contribution in [0.3, 0.4) is 0 Å². The maximum Gasteiger partial charge on any atom is 0.307 e. The van der Waals surface area contributed by atoms with E-state index in [9.17, 15) is 9.90 Å². The summed E-state index contributed by atoms with van der Waals surface area (Å²) in [5.41, 5.74) is 2.21. The van der Waals surface area contributed by atoms with Crippen molar-refractivity contribution in [2.45, 2.75) is 41.0 Å². The van der Waals surface area contributed by atoms with Crippen molar-refractivity contribution >= 4 is 5.97 Å². The lowest BCUT2D eigenvalue weighted by Gasteiger charge is -2.38. The van der Waals surface area contributed by atoms with Gasteiger partial charge >= 0.3 is 5.97 Å². The fourth-order valence-corrected chi connectivity index (χ4v) is 2.40. The van der Waals surface area contributed by atoms with Gasteiger partial charge in [0.25, 0.3) is 0 Å². The number of allylic oxidation sites excluding steroid dienone is 4. The fraction of sp³-hybridized carbons (Fsp3) is 0.643. The van der Waals surface area contributed by atoms with E-state index in [0.717, 1.165) is 0 Å². The van der Waals surface area contributed by atoms with Crippen LogP contribution in [0.4, 0.5) is 0 Å². The molecule has 0 aromatic heterocycles. The normalized spacial score (nSPS) is 28.2. The molecule has 0 radical (unpaired) electrons.